The van der Waals surface area contributed by atoms with Gasteiger partial charge in [0.2, 0.25) is 0 Å². The number of carboxylic acid groups (broad SMARTS) is 1. The summed E-state index contributed by atoms with van der Waals surface area (Å²) >= 11 is 0. The summed E-state index contributed by atoms with van der Waals surface area (Å²) in [5.74, 6) is -1.27. The minimum atomic E-state index is -1.31. The van der Waals surface area contributed by atoms with Crippen LogP contribution < -0.4 is 10.6 Å². The van der Waals surface area contributed by atoms with Crippen LogP contribution in [0.5, 0.6) is 0 Å². The second-order valence-corrected chi connectivity index (χ2v) is 4.05. The zero-order chi connectivity index (χ0) is 12.8. The Kier molecular flexibility index (Phi) is 5.17. The molecule has 98 valence electrons. The minimum Gasteiger partial charge on any atom is -0.480 e. The molecular weight excluding hydrogens is 228 g/mol. The van der Waals surface area contributed by atoms with E-state index in [0.717, 1.165) is 12.8 Å². The average Bonchev–Trinajstić information content (AvgIpc) is 2.74. The number of ether oxygens (including phenoxy) is 1. The zero-order valence-electron chi connectivity index (χ0n) is 9.68. The Hall–Kier alpha value is -1.34. The van der Waals surface area contributed by atoms with E-state index in [0.29, 0.717) is 13.2 Å². The first-order valence-electron chi connectivity index (χ1n) is 5.57. The number of nitrogens with one attached hydrogen (secondary N) is 2. The second-order valence-electron chi connectivity index (χ2n) is 4.05. The fourth-order valence-corrected chi connectivity index (χ4v) is 1.59. The van der Waals surface area contributed by atoms with Crippen LogP contribution in [0.3, 0.4) is 0 Å². The Morgan fingerprint density at radius 2 is 2.24 bits per heavy atom. The number of hydrogen-bond donors (Lipinski definition) is 4. The fourth-order valence-electron chi connectivity index (χ4n) is 1.59. The van der Waals surface area contributed by atoms with E-state index in [1.165, 1.54) is 6.92 Å². The van der Waals surface area contributed by atoms with E-state index in [4.69, 9.17) is 14.9 Å². The van der Waals surface area contributed by atoms with Crippen molar-refractivity contribution >= 4 is 12.0 Å². The molecule has 1 rings (SSSR count). The molecule has 2 amide bonds. The van der Waals surface area contributed by atoms with Crippen LogP contribution in [0.1, 0.15) is 19.8 Å². The number of carbonyl (C=O) groups is 2. The van der Waals surface area contributed by atoms with Crippen LogP contribution in [-0.4, -0.2) is 53.6 Å². The van der Waals surface area contributed by atoms with E-state index in [1.54, 1.807) is 0 Å². The Labute approximate surface area is 99.1 Å². The summed E-state index contributed by atoms with van der Waals surface area (Å²) in [5, 5.41) is 22.6. The standard InChI is InChI=1S/C10H18N2O5/c1-6(13)8(9(14)15)12-10(16)11-5-7-3-2-4-17-7/h6-8,13H,2-5H2,1H3,(H,14,15)(H2,11,12,16)/t6-,7?,8+/m1/s1. The van der Waals surface area contributed by atoms with Crippen molar-refractivity contribution in [1.82, 2.24) is 10.6 Å². The van der Waals surface area contributed by atoms with Crippen LogP contribution >= 0.6 is 0 Å². The van der Waals surface area contributed by atoms with Gasteiger partial charge >= 0.3 is 12.0 Å². The molecule has 1 fully saturated rings. The van der Waals surface area contributed by atoms with Crippen molar-refractivity contribution in [2.45, 2.75) is 38.0 Å². The molecule has 1 unspecified atom stereocenters. The third-order valence-corrected chi connectivity index (χ3v) is 2.55. The highest BCUT2D eigenvalue weighted by molar-refractivity contribution is 5.82. The number of rotatable bonds is 5. The number of aliphatic hydroxyl groups excluding tert-OH is 1. The van der Waals surface area contributed by atoms with Gasteiger partial charge in [-0.15, -0.1) is 0 Å². The van der Waals surface area contributed by atoms with Gasteiger partial charge in [-0.2, -0.15) is 0 Å². The van der Waals surface area contributed by atoms with Gasteiger partial charge in [0.25, 0.3) is 0 Å². The lowest BCUT2D eigenvalue weighted by Gasteiger charge is -2.18. The Morgan fingerprint density at radius 3 is 2.71 bits per heavy atom. The van der Waals surface area contributed by atoms with Gasteiger partial charge < -0.3 is 25.6 Å². The molecule has 7 nitrogen and oxygen atoms in total. The second kappa shape index (κ2) is 6.41. The Morgan fingerprint density at radius 1 is 1.53 bits per heavy atom. The highest BCUT2D eigenvalue weighted by Gasteiger charge is 2.25. The van der Waals surface area contributed by atoms with Crippen LogP contribution in [0.4, 0.5) is 4.79 Å². The molecule has 0 aromatic rings. The summed E-state index contributed by atoms with van der Waals surface area (Å²) in [5.41, 5.74) is 0. The van der Waals surface area contributed by atoms with E-state index in [9.17, 15) is 9.59 Å². The van der Waals surface area contributed by atoms with Gasteiger partial charge in [-0.1, -0.05) is 0 Å². The van der Waals surface area contributed by atoms with E-state index in [2.05, 4.69) is 10.6 Å². The highest BCUT2D eigenvalue weighted by atomic mass is 16.5. The molecule has 1 heterocycles. The minimum absolute atomic E-state index is 0.00409. The van der Waals surface area contributed by atoms with Gasteiger partial charge in [-0.05, 0) is 19.8 Å². The molecule has 0 bridgehead atoms. The smallest absolute Gasteiger partial charge is 0.328 e. The van der Waals surface area contributed by atoms with Crippen molar-refractivity contribution in [1.29, 1.82) is 0 Å². The molecule has 0 aliphatic carbocycles. The third-order valence-electron chi connectivity index (χ3n) is 2.55. The lowest BCUT2D eigenvalue weighted by molar-refractivity contribution is -0.141. The topological polar surface area (TPSA) is 108 Å². The predicted molar refractivity (Wildman–Crippen MR) is 58.6 cm³/mol. The number of carboxylic acids is 1. The van der Waals surface area contributed by atoms with Crippen molar-refractivity contribution in [3.63, 3.8) is 0 Å². The molecule has 7 heteroatoms. The van der Waals surface area contributed by atoms with Gasteiger partial charge in [0, 0.05) is 13.2 Å². The van der Waals surface area contributed by atoms with E-state index >= 15 is 0 Å². The van der Waals surface area contributed by atoms with Crippen molar-refractivity contribution in [3.8, 4) is 0 Å². The van der Waals surface area contributed by atoms with Gasteiger partial charge in [-0.25, -0.2) is 9.59 Å². The summed E-state index contributed by atoms with van der Waals surface area (Å²) in [6.07, 6.45) is 0.704. The van der Waals surface area contributed by atoms with Crippen LogP contribution in [0, 0.1) is 0 Å². The number of amides is 2. The molecule has 17 heavy (non-hydrogen) atoms. The SMILES string of the molecule is C[C@@H](O)[C@H](NC(=O)NCC1CCCO1)C(=O)O. The largest absolute Gasteiger partial charge is 0.480 e. The summed E-state index contributed by atoms with van der Waals surface area (Å²) in [6, 6.07) is -1.92. The average molecular weight is 246 g/mol. The maximum atomic E-state index is 11.4. The Bertz CT molecular complexity index is 276. The molecule has 0 aromatic carbocycles. The number of hydrogen-bond acceptors (Lipinski definition) is 4. The van der Waals surface area contributed by atoms with E-state index < -0.39 is 24.1 Å². The lowest BCUT2D eigenvalue weighted by atomic mass is 10.2. The Balaban J connectivity index is 2.29. The maximum Gasteiger partial charge on any atom is 0.328 e. The summed E-state index contributed by atoms with van der Waals surface area (Å²) in [7, 11) is 0. The monoisotopic (exact) mass is 246 g/mol. The molecule has 1 aliphatic rings. The molecule has 0 spiro atoms. The fraction of sp³-hybridized carbons (Fsp3) is 0.800. The van der Waals surface area contributed by atoms with Crippen molar-refractivity contribution < 1.29 is 24.5 Å². The maximum absolute atomic E-state index is 11.4. The van der Waals surface area contributed by atoms with Gasteiger partial charge in [0.15, 0.2) is 6.04 Å². The molecule has 0 saturated carbocycles. The van der Waals surface area contributed by atoms with E-state index in [-0.39, 0.29) is 6.10 Å². The van der Waals surface area contributed by atoms with Crippen LogP contribution in [-0.2, 0) is 9.53 Å². The summed E-state index contributed by atoms with van der Waals surface area (Å²) < 4.78 is 5.30. The summed E-state index contributed by atoms with van der Waals surface area (Å²) in [6.45, 7) is 2.34. The predicted octanol–water partition coefficient (Wildman–Crippen LogP) is -0.701. The molecule has 1 saturated heterocycles. The first kappa shape index (κ1) is 13.7. The lowest BCUT2D eigenvalue weighted by Crippen LogP contribution is -2.52. The van der Waals surface area contributed by atoms with Crippen LogP contribution in [0.25, 0.3) is 0 Å². The number of carbonyl (C=O) groups excluding carboxylic acids is 1. The zero-order valence-corrected chi connectivity index (χ0v) is 9.68. The molecule has 0 radical (unpaired) electrons. The van der Waals surface area contributed by atoms with Crippen LogP contribution in [0.15, 0.2) is 0 Å². The number of aliphatic hydroxyl groups is 1. The third kappa shape index (κ3) is 4.58. The highest BCUT2D eigenvalue weighted by Crippen LogP contribution is 2.10. The molecular formula is C10H18N2O5. The van der Waals surface area contributed by atoms with Crippen molar-refractivity contribution in [2.24, 2.45) is 0 Å². The van der Waals surface area contributed by atoms with Crippen molar-refractivity contribution in [2.75, 3.05) is 13.2 Å². The number of urea groups is 1. The molecule has 3 atom stereocenters. The molecule has 4 N–H and O–H groups in total. The molecule has 1 aliphatic heterocycles. The van der Waals surface area contributed by atoms with Crippen molar-refractivity contribution in [3.05, 3.63) is 0 Å². The van der Waals surface area contributed by atoms with Gasteiger partial charge in [-0.3, -0.25) is 0 Å². The van der Waals surface area contributed by atoms with E-state index in [1.807, 2.05) is 0 Å². The normalized spacial score (nSPS) is 22.8. The first-order chi connectivity index (χ1) is 8.00. The van der Waals surface area contributed by atoms with Crippen LogP contribution in [0.2, 0.25) is 0 Å². The quantitative estimate of drug-likeness (QED) is 0.513. The van der Waals surface area contributed by atoms with Gasteiger partial charge in [0.05, 0.1) is 12.2 Å². The summed E-state index contributed by atoms with van der Waals surface area (Å²) in [4.78, 5) is 22.1. The number of aliphatic carboxylic acids is 1. The van der Waals surface area contributed by atoms with Gasteiger partial charge in [0.1, 0.15) is 0 Å². The molecule has 0 aromatic heterocycles. The first-order valence-corrected chi connectivity index (χ1v) is 5.57.